The van der Waals surface area contributed by atoms with Crippen LogP contribution in [0.15, 0.2) is 0 Å². The van der Waals surface area contributed by atoms with Crippen molar-refractivity contribution in [2.24, 2.45) is 0 Å². The maximum absolute atomic E-state index is 11.2. The summed E-state index contributed by atoms with van der Waals surface area (Å²) in [5, 5.41) is 21.2. The van der Waals surface area contributed by atoms with Crippen molar-refractivity contribution >= 4 is 19.0 Å². The number of hydrogen-bond donors (Lipinski definition) is 2. The molecule has 4 aliphatic heterocycles. The maximum Gasteiger partial charge on any atom is 1.00 e. The number of rotatable bonds is 2. The van der Waals surface area contributed by atoms with Gasteiger partial charge in [0.25, 0.3) is 0 Å². The third-order valence-electron chi connectivity index (χ3n) is 7.55. The molecular formula is C21H37NaO11SSi. The molecule has 9 atom stereocenters. The Morgan fingerprint density at radius 2 is 1.60 bits per heavy atom. The van der Waals surface area contributed by atoms with Crippen LogP contribution in [0.3, 0.4) is 0 Å². The molecule has 0 radical (unpaired) electrons. The van der Waals surface area contributed by atoms with Gasteiger partial charge in [0.15, 0.2) is 0 Å². The Hall–Kier alpha value is 0.807. The Labute approximate surface area is 230 Å². The first kappa shape index (κ1) is 30.3. The smallest absolute Gasteiger partial charge is 0.725 e. The van der Waals surface area contributed by atoms with Gasteiger partial charge in [-0.1, -0.05) is 41.5 Å². The Morgan fingerprint density at radius 3 is 2.14 bits per heavy atom. The number of aliphatic hydroxyl groups is 2. The van der Waals surface area contributed by atoms with Crippen molar-refractivity contribution in [3.05, 3.63) is 0 Å². The molecule has 0 aromatic rings. The van der Waals surface area contributed by atoms with Crippen LogP contribution in [0, 0.1) is 0 Å². The van der Waals surface area contributed by atoms with Crippen molar-refractivity contribution in [2.45, 2.75) is 126 Å². The SMILES string of the molecule is CC(C)(C)[Si]1(C(C)(C)C)OC[C@H]2O[C@H]3[C@@H](O)[C@@]4(C)O[C@@H](OS(=O)(=O)[O-])[C@@H](O)C[C@@H]4O[C@@H]3C[C@@H]2O1.[Na+]. The van der Waals surface area contributed by atoms with E-state index in [0.29, 0.717) is 13.0 Å². The summed E-state index contributed by atoms with van der Waals surface area (Å²) in [5.41, 5.74) is -1.46. The minimum absolute atomic E-state index is 0. The predicted molar refractivity (Wildman–Crippen MR) is 119 cm³/mol. The predicted octanol–water partition coefficient (Wildman–Crippen LogP) is -1.92. The van der Waals surface area contributed by atoms with Crippen LogP contribution in [0.2, 0.25) is 10.1 Å². The second-order valence-corrected chi connectivity index (χ2v) is 17.8. The van der Waals surface area contributed by atoms with E-state index in [1.165, 1.54) is 6.92 Å². The Bertz CT molecular complexity index is 877. The first-order valence-corrected chi connectivity index (χ1v) is 14.8. The first-order valence-electron chi connectivity index (χ1n) is 11.7. The molecule has 4 aliphatic rings. The molecule has 0 saturated carbocycles. The molecule has 0 aromatic heterocycles. The molecule has 0 aliphatic carbocycles. The quantitative estimate of drug-likeness (QED) is 0.225. The van der Waals surface area contributed by atoms with Crippen LogP contribution in [0.25, 0.3) is 0 Å². The average Bonchev–Trinajstić information content (AvgIpc) is 2.66. The summed E-state index contributed by atoms with van der Waals surface area (Å²) in [6.07, 6.45) is -6.85. The molecule has 4 fully saturated rings. The molecule has 0 aromatic carbocycles. The van der Waals surface area contributed by atoms with Crippen LogP contribution in [-0.4, -0.2) is 93.0 Å². The number of hydrogen-bond acceptors (Lipinski definition) is 11. The molecule has 11 nitrogen and oxygen atoms in total. The summed E-state index contributed by atoms with van der Waals surface area (Å²) in [5.74, 6) is 0. The molecule has 0 spiro atoms. The number of fused-ring (bicyclic) bond motifs is 3. The summed E-state index contributed by atoms with van der Waals surface area (Å²) in [6, 6.07) is 0. The maximum atomic E-state index is 11.2. The van der Waals surface area contributed by atoms with E-state index in [0.717, 1.165) is 0 Å². The van der Waals surface area contributed by atoms with Gasteiger partial charge in [0.2, 0.25) is 16.7 Å². The Morgan fingerprint density at radius 1 is 1.00 bits per heavy atom. The van der Waals surface area contributed by atoms with Crippen LogP contribution in [0.5, 0.6) is 0 Å². The van der Waals surface area contributed by atoms with Gasteiger partial charge in [0.1, 0.15) is 30.0 Å². The molecule has 14 heteroatoms. The fourth-order valence-electron chi connectivity index (χ4n) is 6.09. The van der Waals surface area contributed by atoms with Crippen molar-refractivity contribution in [1.29, 1.82) is 0 Å². The van der Waals surface area contributed by atoms with Gasteiger partial charge in [0.05, 0.1) is 24.9 Å². The van der Waals surface area contributed by atoms with Crippen LogP contribution in [0.1, 0.15) is 61.3 Å². The van der Waals surface area contributed by atoms with Crippen LogP contribution in [0.4, 0.5) is 0 Å². The largest absolute Gasteiger partial charge is 1.00 e. The van der Waals surface area contributed by atoms with Gasteiger partial charge >= 0.3 is 38.1 Å². The van der Waals surface area contributed by atoms with Gasteiger partial charge in [-0.05, 0) is 6.92 Å². The van der Waals surface area contributed by atoms with Gasteiger partial charge in [-0.2, -0.15) is 0 Å². The van der Waals surface area contributed by atoms with Gasteiger partial charge in [0, 0.05) is 22.9 Å². The van der Waals surface area contributed by atoms with Gasteiger partial charge < -0.3 is 37.8 Å². The molecule has 0 bridgehead atoms. The summed E-state index contributed by atoms with van der Waals surface area (Å²) in [6.45, 7) is 14.6. The van der Waals surface area contributed by atoms with E-state index in [-0.39, 0.29) is 52.2 Å². The third-order valence-corrected chi connectivity index (χ3v) is 13.1. The van der Waals surface area contributed by atoms with E-state index >= 15 is 0 Å². The van der Waals surface area contributed by atoms with Crippen molar-refractivity contribution < 1.29 is 80.0 Å². The van der Waals surface area contributed by atoms with E-state index in [9.17, 15) is 23.2 Å². The summed E-state index contributed by atoms with van der Waals surface area (Å²) in [4.78, 5) is 0. The molecular weight excluding hydrogens is 511 g/mol. The normalized spacial score (nSPS) is 43.8. The van der Waals surface area contributed by atoms with Gasteiger partial charge in [-0.15, -0.1) is 0 Å². The van der Waals surface area contributed by atoms with E-state index in [1.807, 2.05) is 0 Å². The van der Waals surface area contributed by atoms with E-state index < -0.39 is 67.5 Å². The monoisotopic (exact) mass is 548 g/mol. The van der Waals surface area contributed by atoms with Crippen LogP contribution < -0.4 is 29.6 Å². The van der Waals surface area contributed by atoms with Crippen molar-refractivity contribution in [3.8, 4) is 0 Å². The van der Waals surface area contributed by atoms with Crippen molar-refractivity contribution in [2.75, 3.05) is 6.61 Å². The molecule has 4 saturated heterocycles. The molecule has 198 valence electrons. The van der Waals surface area contributed by atoms with Crippen molar-refractivity contribution in [3.63, 3.8) is 0 Å². The fraction of sp³-hybridized carbons (Fsp3) is 1.00. The van der Waals surface area contributed by atoms with Crippen molar-refractivity contribution in [1.82, 2.24) is 0 Å². The summed E-state index contributed by atoms with van der Waals surface area (Å²) >= 11 is 0. The zero-order valence-corrected chi connectivity index (χ0v) is 25.5. The van der Waals surface area contributed by atoms with Gasteiger partial charge in [-0.25, -0.2) is 12.6 Å². The molecule has 0 unspecified atom stereocenters. The minimum atomic E-state index is -5.13. The second kappa shape index (κ2) is 9.77. The topological polar surface area (TPSA) is 153 Å². The Balaban J connectivity index is 0.00000342. The van der Waals surface area contributed by atoms with E-state index in [1.54, 1.807) is 0 Å². The second-order valence-electron chi connectivity index (χ2n) is 12.0. The Kier molecular flexibility index (Phi) is 8.47. The average molecular weight is 549 g/mol. The van der Waals surface area contributed by atoms with Crippen LogP contribution in [-0.2, 0) is 37.6 Å². The molecule has 2 N–H and O–H groups in total. The molecule has 35 heavy (non-hydrogen) atoms. The van der Waals surface area contributed by atoms with Gasteiger partial charge in [-0.3, -0.25) is 0 Å². The van der Waals surface area contributed by atoms with E-state index in [2.05, 4.69) is 45.7 Å². The first-order chi connectivity index (χ1) is 15.4. The van der Waals surface area contributed by atoms with Crippen LogP contribution >= 0.6 is 0 Å². The standard InChI is InChI=1S/C21H38O11SSi.Na/c1-19(2,3)34(20(4,5)6)27-10-14-12(32-34)9-13-16(29-14)17(23)21(7)15(28-13)8-11(22)18(30-21)31-33(24,25)26;/h11-18,22-23H,8-10H2,1-7H3,(H,24,25,26);/q;+1/p-1/t11-,12-,13+,14+,15-,16+,17+,18-,21-;/m0./s1. The fourth-order valence-corrected chi connectivity index (χ4v) is 11.5. The zero-order chi connectivity index (χ0) is 25.5. The molecule has 0 amide bonds. The number of ether oxygens (including phenoxy) is 3. The zero-order valence-electron chi connectivity index (χ0n) is 21.7. The third kappa shape index (κ3) is 5.33. The summed E-state index contributed by atoms with van der Waals surface area (Å²) in [7, 11) is -7.86. The molecule has 4 heterocycles. The number of aliphatic hydroxyl groups excluding tert-OH is 2. The summed E-state index contributed by atoms with van der Waals surface area (Å²) < 4.78 is 68.9. The van der Waals surface area contributed by atoms with E-state index in [4.69, 9.17) is 23.1 Å². The minimum Gasteiger partial charge on any atom is -0.725 e. The molecule has 4 rings (SSSR count).